The summed E-state index contributed by atoms with van der Waals surface area (Å²) in [5, 5.41) is 6.52. The van der Waals surface area contributed by atoms with Crippen LogP contribution in [0.1, 0.15) is 51.9 Å². The molecule has 0 saturated carbocycles. The van der Waals surface area contributed by atoms with Crippen molar-refractivity contribution in [1.82, 2.24) is 19.9 Å². The highest BCUT2D eigenvalue weighted by Crippen LogP contribution is 2.22. The highest BCUT2D eigenvalue weighted by molar-refractivity contribution is 5.88. The fraction of sp³-hybridized carbons (Fsp3) is 0.464. The first-order valence-corrected chi connectivity index (χ1v) is 13.0. The number of nitrogens with one attached hydrogen (secondary N) is 2. The van der Waals surface area contributed by atoms with E-state index in [1.165, 1.54) is 0 Å². The predicted molar refractivity (Wildman–Crippen MR) is 146 cm³/mol. The average Bonchev–Trinajstić information content (AvgIpc) is 3.27. The second-order valence-electron chi connectivity index (χ2n) is 9.95. The molecule has 0 fully saturated rings. The van der Waals surface area contributed by atoms with Gasteiger partial charge in [0.25, 0.3) is 0 Å². The number of hydrogen-bond acceptors (Lipinski definition) is 9. The highest BCUT2D eigenvalue weighted by Gasteiger charge is 2.28. The Morgan fingerprint density at radius 2 is 1.79 bits per heavy atom. The Bertz CT molecular complexity index is 1270. The molecule has 2 heterocycles. The van der Waals surface area contributed by atoms with Crippen molar-refractivity contribution < 1.29 is 28.6 Å². The average molecular weight is 540 g/mol. The molecule has 11 nitrogen and oxygen atoms in total. The first kappa shape index (κ1) is 29.4. The van der Waals surface area contributed by atoms with Crippen molar-refractivity contribution in [2.75, 3.05) is 18.5 Å². The second kappa shape index (κ2) is 13.6. The summed E-state index contributed by atoms with van der Waals surface area (Å²) in [5.74, 6) is 0.198. The maximum Gasteiger partial charge on any atom is 0.408 e. The van der Waals surface area contributed by atoms with Crippen molar-refractivity contribution >= 4 is 34.9 Å². The van der Waals surface area contributed by atoms with E-state index < -0.39 is 23.7 Å². The monoisotopic (exact) mass is 539 g/mol. The lowest BCUT2D eigenvalue weighted by molar-refractivity contribution is -0.157. The third-order valence-corrected chi connectivity index (χ3v) is 5.49. The van der Waals surface area contributed by atoms with Gasteiger partial charge in [0.05, 0.1) is 12.0 Å². The number of nitrogens with zero attached hydrogens (tertiary/aromatic N) is 3. The zero-order valence-corrected chi connectivity index (χ0v) is 23.2. The van der Waals surface area contributed by atoms with Gasteiger partial charge >= 0.3 is 18.0 Å². The summed E-state index contributed by atoms with van der Waals surface area (Å²) in [6.07, 6.45) is 2.05. The van der Waals surface area contributed by atoms with Crippen molar-refractivity contribution in [3.63, 3.8) is 0 Å². The van der Waals surface area contributed by atoms with Crippen LogP contribution in [0.15, 0.2) is 42.6 Å². The zero-order valence-electron chi connectivity index (χ0n) is 23.2. The van der Waals surface area contributed by atoms with E-state index in [2.05, 4.69) is 20.6 Å². The molecule has 210 valence electrons. The summed E-state index contributed by atoms with van der Waals surface area (Å²) < 4.78 is 17.8. The molecule has 0 aliphatic carbocycles. The Kier molecular flexibility index (Phi) is 10.2. The van der Waals surface area contributed by atoms with Crippen LogP contribution < -0.4 is 10.6 Å². The first-order chi connectivity index (χ1) is 18.6. The van der Waals surface area contributed by atoms with Crippen LogP contribution in [0.5, 0.6) is 0 Å². The fourth-order valence-electron chi connectivity index (χ4n) is 3.79. The Morgan fingerprint density at radius 1 is 1.05 bits per heavy atom. The number of fused-ring (bicyclic) bond motifs is 1. The highest BCUT2D eigenvalue weighted by atomic mass is 16.6. The van der Waals surface area contributed by atoms with Crippen molar-refractivity contribution in [3.8, 4) is 0 Å². The normalized spacial score (nSPS) is 12.0. The minimum absolute atomic E-state index is 0.00887. The van der Waals surface area contributed by atoms with Crippen molar-refractivity contribution in [2.45, 2.75) is 72.3 Å². The number of amides is 1. The lowest BCUT2D eigenvalue weighted by Gasteiger charge is -2.24. The topological polar surface area (TPSA) is 134 Å². The molecule has 1 amide bonds. The first-order valence-electron chi connectivity index (χ1n) is 13.0. The predicted octanol–water partition coefficient (Wildman–Crippen LogP) is 4.13. The van der Waals surface area contributed by atoms with Crippen LogP contribution in [0.3, 0.4) is 0 Å². The molecular weight excluding hydrogens is 502 g/mol. The maximum absolute atomic E-state index is 12.9. The van der Waals surface area contributed by atoms with Crippen LogP contribution in [-0.4, -0.2) is 57.4 Å². The van der Waals surface area contributed by atoms with E-state index in [4.69, 9.17) is 14.2 Å². The van der Waals surface area contributed by atoms with E-state index in [-0.39, 0.29) is 19.1 Å². The van der Waals surface area contributed by atoms with E-state index in [0.717, 1.165) is 10.9 Å². The molecular formula is C28H37N5O6. The van der Waals surface area contributed by atoms with Gasteiger partial charge in [0.2, 0.25) is 0 Å². The minimum atomic E-state index is -1.04. The number of ether oxygens (including phenoxy) is 3. The van der Waals surface area contributed by atoms with Gasteiger partial charge in [0, 0.05) is 25.7 Å². The Morgan fingerprint density at radius 3 is 2.49 bits per heavy atom. The summed E-state index contributed by atoms with van der Waals surface area (Å²) in [7, 11) is 0. The minimum Gasteiger partial charge on any atom is -0.466 e. The molecule has 2 N–H and O–H groups in total. The molecule has 2 aromatic heterocycles. The zero-order chi connectivity index (χ0) is 28.4. The number of hydrogen-bond donors (Lipinski definition) is 2. The van der Waals surface area contributed by atoms with Crippen molar-refractivity contribution in [3.05, 3.63) is 54.0 Å². The number of anilines is 1. The van der Waals surface area contributed by atoms with Crippen LogP contribution in [-0.2, 0) is 37.0 Å². The van der Waals surface area contributed by atoms with Crippen molar-refractivity contribution in [2.24, 2.45) is 0 Å². The van der Waals surface area contributed by atoms with Gasteiger partial charge in [0.1, 0.15) is 35.5 Å². The number of esters is 2. The van der Waals surface area contributed by atoms with Crippen LogP contribution >= 0.6 is 0 Å². The van der Waals surface area contributed by atoms with Gasteiger partial charge in [-0.05, 0) is 52.7 Å². The maximum atomic E-state index is 12.9. The molecule has 1 aromatic carbocycles. The van der Waals surface area contributed by atoms with Gasteiger partial charge in [-0.2, -0.15) is 0 Å². The van der Waals surface area contributed by atoms with E-state index in [9.17, 15) is 14.4 Å². The smallest absolute Gasteiger partial charge is 0.408 e. The van der Waals surface area contributed by atoms with E-state index in [1.807, 2.05) is 47.2 Å². The molecule has 0 bridgehead atoms. The molecule has 0 spiro atoms. The van der Waals surface area contributed by atoms with Crippen molar-refractivity contribution in [1.29, 1.82) is 0 Å². The summed E-state index contributed by atoms with van der Waals surface area (Å²) in [5.41, 5.74) is 0.771. The van der Waals surface area contributed by atoms with Crippen LogP contribution in [0, 0.1) is 6.92 Å². The fourth-order valence-corrected chi connectivity index (χ4v) is 3.79. The molecule has 3 aromatic rings. The molecule has 3 rings (SSSR count). The number of rotatable bonds is 12. The molecule has 1 atom stereocenters. The number of carbonyl (C=O) groups excluding carboxylic acids is 3. The number of alkyl carbamates (subject to hydrolysis) is 1. The van der Waals surface area contributed by atoms with Crippen LogP contribution in [0.4, 0.5) is 10.6 Å². The van der Waals surface area contributed by atoms with Crippen LogP contribution in [0.2, 0.25) is 0 Å². The lowest BCUT2D eigenvalue weighted by atomic mass is 10.2. The summed E-state index contributed by atoms with van der Waals surface area (Å²) in [6, 6.07) is 10.1. The Labute approximate surface area is 228 Å². The van der Waals surface area contributed by atoms with Gasteiger partial charge in [-0.25, -0.2) is 19.6 Å². The number of aromatic nitrogens is 3. The molecule has 0 radical (unpaired) electrons. The standard InChI is InChI=1S/C28H37N5O6/c1-6-37-23(34)13-10-15-33-16-14-21-24(30-19(2)31-25(21)33)29-17-22(26(35)39-28(3,4)5)32-27(36)38-18-20-11-8-7-9-12-20/h7-9,11-12,14,16,22H,6,10,13,15,17-18H2,1-5H3,(H,32,36)(H,29,30,31)/t22-/m0/s1. The molecule has 0 aliphatic rings. The second-order valence-corrected chi connectivity index (χ2v) is 9.95. The summed E-state index contributed by atoms with van der Waals surface area (Å²) in [6.45, 7) is 9.82. The van der Waals surface area contributed by atoms with Crippen LogP contribution in [0.25, 0.3) is 11.0 Å². The van der Waals surface area contributed by atoms with E-state index >= 15 is 0 Å². The number of aryl methyl sites for hydroxylation is 2. The summed E-state index contributed by atoms with van der Waals surface area (Å²) in [4.78, 5) is 46.2. The number of benzene rings is 1. The third-order valence-electron chi connectivity index (χ3n) is 5.49. The molecule has 0 saturated heterocycles. The molecule has 0 unspecified atom stereocenters. The number of carbonyl (C=O) groups is 3. The van der Waals surface area contributed by atoms with E-state index in [0.29, 0.717) is 43.3 Å². The molecule has 39 heavy (non-hydrogen) atoms. The quantitative estimate of drug-likeness (QED) is 0.257. The Hall–Kier alpha value is -4.15. The summed E-state index contributed by atoms with van der Waals surface area (Å²) >= 11 is 0. The molecule has 11 heteroatoms. The van der Waals surface area contributed by atoms with E-state index in [1.54, 1.807) is 34.6 Å². The largest absolute Gasteiger partial charge is 0.466 e. The van der Waals surface area contributed by atoms with Gasteiger partial charge in [-0.15, -0.1) is 0 Å². The third kappa shape index (κ3) is 9.27. The van der Waals surface area contributed by atoms with Gasteiger partial charge in [-0.1, -0.05) is 30.3 Å². The van der Waals surface area contributed by atoms with Gasteiger partial charge in [-0.3, -0.25) is 4.79 Å². The van der Waals surface area contributed by atoms with Gasteiger partial charge < -0.3 is 29.4 Å². The molecule has 0 aliphatic heterocycles. The SMILES string of the molecule is CCOC(=O)CCCn1ccc2c(NC[C@H](NC(=O)OCc3ccccc3)C(=O)OC(C)(C)C)nc(C)nc21. The lowest BCUT2D eigenvalue weighted by Crippen LogP contribution is -2.48. The Balaban J connectivity index is 1.70. The van der Waals surface area contributed by atoms with Gasteiger partial charge in [0.15, 0.2) is 0 Å².